The van der Waals surface area contributed by atoms with Gasteiger partial charge in [-0.2, -0.15) is 0 Å². The third-order valence-corrected chi connectivity index (χ3v) is 5.11. The van der Waals surface area contributed by atoms with Crippen LogP contribution < -0.4 is 10.6 Å². The standard InChI is InChI=1S/C23H24N2O7/c26-16-6-1-13(11-19(16)29)3-9-21(31)24-15-5-8-18(28)23(15)25-22(32)10-4-14-2-7-17(27)20(30)12-14/h1-4,6-7,9-12,15,18,23,26-30H,5,8H2,(H,24,31)(H,25,32)/t15-,18+,23+/m0/s1. The van der Waals surface area contributed by atoms with Crippen molar-refractivity contribution in [3.63, 3.8) is 0 Å². The largest absolute Gasteiger partial charge is 0.504 e. The molecule has 32 heavy (non-hydrogen) atoms. The number of aliphatic hydroxyl groups excluding tert-OH is 1. The summed E-state index contributed by atoms with van der Waals surface area (Å²) in [6, 6.07) is 7.09. The second kappa shape index (κ2) is 9.88. The van der Waals surface area contributed by atoms with E-state index in [4.69, 9.17) is 0 Å². The van der Waals surface area contributed by atoms with E-state index in [1.54, 1.807) is 0 Å². The van der Waals surface area contributed by atoms with Gasteiger partial charge in [0.2, 0.25) is 11.8 Å². The van der Waals surface area contributed by atoms with Gasteiger partial charge in [0.15, 0.2) is 23.0 Å². The number of hydrogen-bond donors (Lipinski definition) is 7. The third kappa shape index (κ3) is 5.79. The molecule has 9 heteroatoms. The minimum atomic E-state index is -0.826. The summed E-state index contributed by atoms with van der Waals surface area (Å²) in [6.45, 7) is 0. The molecule has 168 valence electrons. The average molecular weight is 440 g/mol. The summed E-state index contributed by atoms with van der Waals surface area (Å²) in [5.74, 6) is -2.07. The molecule has 0 aliphatic heterocycles. The summed E-state index contributed by atoms with van der Waals surface area (Å²) in [5, 5.41) is 53.3. The van der Waals surface area contributed by atoms with Gasteiger partial charge < -0.3 is 36.2 Å². The minimum Gasteiger partial charge on any atom is -0.504 e. The number of carbonyl (C=O) groups is 2. The van der Waals surface area contributed by atoms with Crippen LogP contribution in [0.1, 0.15) is 24.0 Å². The topological polar surface area (TPSA) is 159 Å². The number of hydrogen-bond acceptors (Lipinski definition) is 7. The van der Waals surface area contributed by atoms with Gasteiger partial charge in [-0.15, -0.1) is 0 Å². The highest BCUT2D eigenvalue weighted by molar-refractivity contribution is 5.93. The van der Waals surface area contributed by atoms with Crippen LogP contribution >= 0.6 is 0 Å². The predicted octanol–water partition coefficient (Wildman–Crippen LogP) is 1.36. The molecule has 0 aromatic heterocycles. The van der Waals surface area contributed by atoms with Crippen molar-refractivity contribution in [3.8, 4) is 23.0 Å². The number of benzene rings is 2. The predicted molar refractivity (Wildman–Crippen MR) is 117 cm³/mol. The van der Waals surface area contributed by atoms with Gasteiger partial charge in [-0.1, -0.05) is 12.1 Å². The van der Waals surface area contributed by atoms with E-state index in [-0.39, 0.29) is 23.0 Å². The Morgan fingerprint density at radius 1 is 0.750 bits per heavy atom. The van der Waals surface area contributed by atoms with E-state index in [2.05, 4.69) is 10.6 Å². The van der Waals surface area contributed by atoms with Gasteiger partial charge in [0, 0.05) is 12.2 Å². The molecule has 7 N–H and O–H groups in total. The normalized spacial score (nSPS) is 20.6. The molecule has 9 nitrogen and oxygen atoms in total. The lowest BCUT2D eigenvalue weighted by Crippen LogP contribution is -2.52. The molecule has 0 spiro atoms. The fourth-order valence-electron chi connectivity index (χ4n) is 3.41. The molecule has 0 radical (unpaired) electrons. The van der Waals surface area contributed by atoms with Crippen LogP contribution in [0.2, 0.25) is 0 Å². The quantitative estimate of drug-likeness (QED) is 0.264. The van der Waals surface area contributed by atoms with E-state index in [0.717, 1.165) is 0 Å². The number of rotatable bonds is 6. The van der Waals surface area contributed by atoms with Crippen LogP contribution in [0.15, 0.2) is 48.6 Å². The van der Waals surface area contributed by atoms with Gasteiger partial charge in [0.1, 0.15) is 0 Å². The van der Waals surface area contributed by atoms with Gasteiger partial charge in [-0.05, 0) is 60.4 Å². The number of phenolic OH excluding ortho intramolecular Hbond substituents is 4. The highest BCUT2D eigenvalue weighted by Crippen LogP contribution is 2.26. The summed E-state index contributed by atoms with van der Waals surface area (Å²) >= 11 is 0. The number of aromatic hydroxyl groups is 4. The van der Waals surface area contributed by atoms with Crippen LogP contribution in [0.3, 0.4) is 0 Å². The molecule has 0 bridgehead atoms. The monoisotopic (exact) mass is 440 g/mol. The molecule has 0 heterocycles. The lowest BCUT2D eigenvalue weighted by molar-refractivity contribution is -0.120. The second-order valence-corrected chi connectivity index (χ2v) is 7.46. The SMILES string of the molecule is O=C(C=Cc1ccc(O)c(O)c1)N[C@H]1[C@H](O)CC[C@@H]1NC(=O)C=Cc1ccc(O)c(O)c1. The molecule has 2 amide bonds. The molecule has 0 saturated heterocycles. The maximum Gasteiger partial charge on any atom is 0.244 e. The van der Waals surface area contributed by atoms with E-state index in [9.17, 15) is 35.1 Å². The summed E-state index contributed by atoms with van der Waals surface area (Å²) in [4.78, 5) is 24.5. The first kappa shape index (κ1) is 22.7. The van der Waals surface area contributed by atoms with E-state index >= 15 is 0 Å². The van der Waals surface area contributed by atoms with Crippen molar-refractivity contribution in [1.82, 2.24) is 10.6 Å². The Hall–Kier alpha value is -3.98. The summed E-state index contributed by atoms with van der Waals surface area (Å²) in [5.41, 5.74) is 1.01. The molecule has 1 aliphatic rings. The second-order valence-electron chi connectivity index (χ2n) is 7.46. The van der Waals surface area contributed by atoms with E-state index < -0.39 is 30.0 Å². The Morgan fingerprint density at radius 3 is 1.75 bits per heavy atom. The number of carbonyl (C=O) groups excluding carboxylic acids is 2. The summed E-state index contributed by atoms with van der Waals surface area (Å²) in [6.07, 6.45) is 5.44. The molecule has 3 rings (SSSR count). The number of amides is 2. The van der Waals surface area contributed by atoms with E-state index in [1.807, 2.05) is 0 Å². The Labute approximate surface area is 184 Å². The Morgan fingerprint density at radius 2 is 1.25 bits per heavy atom. The maximum absolute atomic E-state index is 12.3. The highest BCUT2D eigenvalue weighted by Gasteiger charge is 2.36. The first-order valence-electron chi connectivity index (χ1n) is 9.92. The first-order chi connectivity index (χ1) is 15.2. The van der Waals surface area contributed by atoms with Gasteiger partial charge in [-0.3, -0.25) is 9.59 Å². The van der Waals surface area contributed by atoms with Gasteiger partial charge in [-0.25, -0.2) is 0 Å². The van der Waals surface area contributed by atoms with Crippen molar-refractivity contribution >= 4 is 24.0 Å². The van der Waals surface area contributed by atoms with Crippen LogP contribution in [-0.2, 0) is 9.59 Å². The molecule has 2 aromatic carbocycles. The van der Waals surface area contributed by atoms with Crippen LogP contribution in [0.25, 0.3) is 12.2 Å². The number of phenols is 4. The van der Waals surface area contributed by atoms with E-state index in [0.29, 0.717) is 24.0 Å². The van der Waals surface area contributed by atoms with Crippen molar-refractivity contribution in [2.45, 2.75) is 31.0 Å². The highest BCUT2D eigenvalue weighted by atomic mass is 16.3. The van der Waals surface area contributed by atoms with Crippen LogP contribution in [0.4, 0.5) is 0 Å². The molecular weight excluding hydrogens is 416 g/mol. The Balaban J connectivity index is 1.58. The zero-order valence-electron chi connectivity index (χ0n) is 17.0. The van der Waals surface area contributed by atoms with Crippen LogP contribution in [0.5, 0.6) is 23.0 Å². The molecule has 0 unspecified atom stereocenters. The Bertz CT molecular complexity index is 1060. The van der Waals surface area contributed by atoms with Crippen molar-refractivity contribution in [2.24, 2.45) is 0 Å². The zero-order valence-corrected chi connectivity index (χ0v) is 17.0. The molecule has 2 aromatic rings. The molecule has 1 aliphatic carbocycles. The summed E-state index contributed by atoms with van der Waals surface area (Å²) in [7, 11) is 0. The molecule has 1 saturated carbocycles. The van der Waals surface area contributed by atoms with Crippen molar-refractivity contribution in [2.75, 3.05) is 0 Å². The smallest absolute Gasteiger partial charge is 0.244 e. The van der Waals surface area contributed by atoms with Gasteiger partial charge in [0.25, 0.3) is 0 Å². The lowest BCUT2D eigenvalue weighted by Gasteiger charge is -2.23. The average Bonchev–Trinajstić information content (AvgIpc) is 3.09. The van der Waals surface area contributed by atoms with Gasteiger partial charge in [0.05, 0.1) is 18.2 Å². The zero-order chi connectivity index (χ0) is 23.3. The van der Waals surface area contributed by atoms with Crippen molar-refractivity contribution < 1.29 is 35.1 Å². The van der Waals surface area contributed by atoms with Gasteiger partial charge >= 0.3 is 0 Å². The first-order valence-corrected chi connectivity index (χ1v) is 9.92. The number of nitrogens with one attached hydrogen (secondary N) is 2. The third-order valence-electron chi connectivity index (χ3n) is 5.11. The number of aliphatic hydroxyl groups is 1. The molecule has 1 fully saturated rings. The van der Waals surface area contributed by atoms with Crippen molar-refractivity contribution in [1.29, 1.82) is 0 Å². The van der Waals surface area contributed by atoms with E-state index in [1.165, 1.54) is 60.7 Å². The molecule has 3 atom stereocenters. The summed E-state index contributed by atoms with van der Waals surface area (Å²) < 4.78 is 0. The Kier molecular flexibility index (Phi) is 7.01. The minimum absolute atomic E-state index is 0.263. The maximum atomic E-state index is 12.3. The van der Waals surface area contributed by atoms with Crippen LogP contribution in [0, 0.1) is 0 Å². The van der Waals surface area contributed by atoms with Crippen molar-refractivity contribution in [3.05, 3.63) is 59.7 Å². The fraction of sp³-hybridized carbons (Fsp3) is 0.217. The fourth-order valence-corrected chi connectivity index (χ4v) is 3.41. The van der Waals surface area contributed by atoms with Crippen LogP contribution in [-0.4, -0.2) is 55.5 Å². The molecular formula is C23H24N2O7. The lowest BCUT2D eigenvalue weighted by atomic mass is 10.1.